The molecule has 1 N–H and O–H groups in total. The van der Waals surface area contributed by atoms with Gasteiger partial charge in [0.25, 0.3) is 5.91 Å². The molecule has 1 aromatic carbocycles. The number of hydrogen-bond acceptors (Lipinski definition) is 4. The summed E-state index contributed by atoms with van der Waals surface area (Å²) in [6, 6.07) is 9.34. The number of carbonyl (C=O) groups excluding carboxylic acids is 1. The van der Waals surface area contributed by atoms with Gasteiger partial charge in [-0.2, -0.15) is 0 Å². The molecular formula is C20H27N3O2. The van der Waals surface area contributed by atoms with Crippen LogP contribution in [0.15, 0.2) is 42.7 Å². The SMILES string of the molecule is CCCN(CCC)c1cncc(C(=O)Nc2ccccc2OCC)c1. The summed E-state index contributed by atoms with van der Waals surface area (Å²) in [6.07, 6.45) is 5.52. The van der Waals surface area contributed by atoms with Crippen LogP contribution in [0.5, 0.6) is 5.75 Å². The molecule has 0 aliphatic heterocycles. The quantitative estimate of drug-likeness (QED) is 0.736. The van der Waals surface area contributed by atoms with Crippen molar-refractivity contribution in [2.45, 2.75) is 33.6 Å². The molecule has 1 heterocycles. The minimum absolute atomic E-state index is 0.186. The number of rotatable bonds is 9. The molecule has 1 aromatic heterocycles. The Morgan fingerprint density at radius 1 is 1.12 bits per heavy atom. The van der Waals surface area contributed by atoms with E-state index in [1.54, 1.807) is 6.20 Å². The zero-order valence-electron chi connectivity index (χ0n) is 15.3. The normalized spacial score (nSPS) is 10.4. The minimum Gasteiger partial charge on any atom is -0.492 e. The summed E-state index contributed by atoms with van der Waals surface area (Å²) >= 11 is 0. The van der Waals surface area contributed by atoms with Crippen molar-refractivity contribution in [3.05, 3.63) is 48.3 Å². The van der Waals surface area contributed by atoms with Crippen LogP contribution >= 0.6 is 0 Å². The van der Waals surface area contributed by atoms with E-state index in [2.05, 4.69) is 29.0 Å². The zero-order valence-corrected chi connectivity index (χ0v) is 15.3. The van der Waals surface area contributed by atoms with Crippen LogP contribution < -0.4 is 15.0 Å². The summed E-state index contributed by atoms with van der Waals surface area (Å²) in [7, 11) is 0. The predicted octanol–water partition coefficient (Wildman–Crippen LogP) is 4.36. The number of hydrogen-bond donors (Lipinski definition) is 1. The topological polar surface area (TPSA) is 54.5 Å². The molecule has 0 radical (unpaired) electrons. The minimum atomic E-state index is -0.186. The predicted molar refractivity (Wildman–Crippen MR) is 103 cm³/mol. The molecule has 5 heteroatoms. The summed E-state index contributed by atoms with van der Waals surface area (Å²) in [6.45, 7) is 8.67. The first-order valence-corrected chi connectivity index (χ1v) is 8.92. The first-order valence-electron chi connectivity index (χ1n) is 8.92. The van der Waals surface area contributed by atoms with Gasteiger partial charge < -0.3 is 15.0 Å². The number of nitrogens with one attached hydrogen (secondary N) is 1. The third-order valence-corrected chi connectivity index (χ3v) is 3.77. The first-order chi connectivity index (χ1) is 12.2. The molecule has 0 aliphatic carbocycles. The van der Waals surface area contributed by atoms with Crippen molar-refractivity contribution in [2.24, 2.45) is 0 Å². The van der Waals surface area contributed by atoms with Crippen molar-refractivity contribution in [3.63, 3.8) is 0 Å². The maximum Gasteiger partial charge on any atom is 0.257 e. The molecule has 2 rings (SSSR count). The highest BCUT2D eigenvalue weighted by atomic mass is 16.5. The summed E-state index contributed by atoms with van der Waals surface area (Å²) in [4.78, 5) is 19.2. The third kappa shape index (κ3) is 5.21. The molecular weight excluding hydrogens is 314 g/mol. The Bertz CT molecular complexity index is 682. The summed E-state index contributed by atoms with van der Waals surface area (Å²) in [5, 5.41) is 2.92. The lowest BCUT2D eigenvalue weighted by molar-refractivity contribution is 0.102. The van der Waals surface area contributed by atoms with Gasteiger partial charge in [-0.15, -0.1) is 0 Å². The molecule has 0 atom stereocenters. The highest BCUT2D eigenvalue weighted by molar-refractivity contribution is 6.05. The van der Waals surface area contributed by atoms with Gasteiger partial charge in [-0.3, -0.25) is 9.78 Å². The maximum absolute atomic E-state index is 12.6. The van der Waals surface area contributed by atoms with Crippen LogP contribution in [0.2, 0.25) is 0 Å². The maximum atomic E-state index is 12.6. The lowest BCUT2D eigenvalue weighted by Crippen LogP contribution is -2.25. The van der Waals surface area contributed by atoms with Crippen molar-refractivity contribution < 1.29 is 9.53 Å². The number of pyridine rings is 1. The molecule has 0 saturated heterocycles. The number of amides is 1. The molecule has 0 bridgehead atoms. The highest BCUT2D eigenvalue weighted by Crippen LogP contribution is 2.24. The van der Waals surface area contributed by atoms with Gasteiger partial charge in [0.05, 0.1) is 29.7 Å². The van der Waals surface area contributed by atoms with Crippen LogP contribution in [0.25, 0.3) is 0 Å². The molecule has 2 aromatic rings. The van der Waals surface area contributed by atoms with E-state index in [-0.39, 0.29) is 5.91 Å². The fourth-order valence-electron chi connectivity index (χ4n) is 2.68. The monoisotopic (exact) mass is 341 g/mol. The number of para-hydroxylation sites is 2. The lowest BCUT2D eigenvalue weighted by Gasteiger charge is -2.23. The van der Waals surface area contributed by atoms with Gasteiger partial charge in [-0.05, 0) is 38.0 Å². The second kappa shape index (κ2) is 9.67. The Hall–Kier alpha value is -2.56. The summed E-state index contributed by atoms with van der Waals surface area (Å²) < 4.78 is 5.56. The Kier molecular flexibility index (Phi) is 7.26. The van der Waals surface area contributed by atoms with E-state index in [0.29, 0.717) is 23.6 Å². The van der Waals surface area contributed by atoms with E-state index >= 15 is 0 Å². The summed E-state index contributed by atoms with van der Waals surface area (Å²) in [5.41, 5.74) is 2.19. The average Bonchev–Trinajstić information content (AvgIpc) is 2.63. The van der Waals surface area contributed by atoms with Gasteiger partial charge >= 0.3 is 0 Å². The van der Waals surface area contributed by atoms with E-state index < -0.39 is 0 Å². The van der Waals surface area contributed by atoms with Crippen molar-refractivity contribution in [3.8, 4) is 5.75 Å². The van der Waals surface area contributed by atoms with Gasteiger partial charge in [0.15, 0.2) is 0 Å². The van der Waals surface area contributed by atoms with Crippen molar-refractivity contribution in [1.82, 2.24) is 4.98 Å². The standard InChI is InChI=1S/C20H27N3O2/c1-4-11-23(12-5-2)17-13-16(14-21-15-17)20(24)22-18-9-7-8-10-19(18)25-6-3/h7-10,13-15H,4-6,11-12H2,1-3H3,(H,22,24). The smallest absolute Gasteiger partial charge is 0.257 e. The van der Waals surface area contributed by atoms with E-state index in [9.17, 15) is 4.79 Å². The van der Waals surface area contributed by atoms with Crippen LogP contribution in [-0.2, 0) is 0 Å². The van der Waals surface area contributed by atoms with E-state index in [1.165, 1.54) is 0 Å². The molecule has 0 unspecified atom stereocenters. The van der Waals surface area contributed by atoms with Gasteiger partial charge in [-0.1, -0.05) is 26.0 Å². The summed E-state index contributed by atoms with van der Waals surface area (Å²) in [5.74, 6) is 0.482. The second-order valence-corrected chi connectivity index (χ2v) is 5.80. The van der Waals surface area contributed by atoms with Crippen LogP contribution in [-0.4, -0.2) is 30.6 Å². The van der Waals surface area contributed by atoms with E-state index in [4.69, 9.17) is 4.74 Å². The Morgan fingerprint density at radius 2 is 1.84 bits per heavy atom. The molecule has 0 aliphatic rings. The van der Waals surface area contributed by atoms with Crippen molar-refractivity contribution in [1.29, 1.82) is 0 Å². The third-order valence-electron chi connectivity index (χ3n) is 3.77. The fourth-order valence-corrected chi connectivity index (χ4v) is 2.68. The Balaban J connectivity index is 2.18. The molecule has 25 heavy (non-hydrogen) atoms. The number of carbonyl (C=O) groups is 1. The number of benzene rings is 1. The second-order valence-electron chi connectivity index (χ2n) is 5.80. The lowest BCUT2D eigenvalue weighted by atomic mass is 10.2. The first kappa shape index (κ1) is 18.8. The van der Waals surface area contributed by atoms with Crippen molar-refractivity contribution in [2.75, 3.05) is 29.9 Å². The molecule has 1 amide bonds. The van der Waals surface area contributed by atoms with Gasteiger partial charge in [0.2, 0.25) is 0 Å². The molecule has 0 saturated carbocycles. The zero-order chi connectivity index (χ0) is 18.1. The molecule has 0 fully saturated rings. The van der Waals surface area contributed by atoms with Gasteiger partial charge in [0, 0.05) is 19.3 Å². The van der Waals surface area contributed by atoms with Crippen LogP contribution in [0.3, 0.4) is 0 Å². The average molecular weight is 341 g/mol. The van der Waals surface area contributed by atoms with Crippen molar-refractivity contribution >= 4 is 17.3 Å². The Labute approximate surface area is 150 Å². The Morgan fingerprint density at radius 3 is 2.52 bits per heavy atom. The highest BCUT2D eigenvalue weighted by Gasteiger charge is 2.13. The van der Waals surface area contributed by atoms with Crippen LogP contribution in [0.1, 0.15) is 44.0 Å². The number of nitrogens with zero attached hydrogens (tertiary/aromatic N) is 2. The van der Waals surface area contributed by atoms with Crippen LogP contribution in [0.4, 0.5) is 11.4 Å². The number of ether oxygens (including phenoxy) is 1. The molecule has 0 spiro atoms. The van der Waals surface area contributed by atoms with E-state index in [1.807, 2.05) is 43.5 Å². The van der Waals surface area contributed by atoms with Gasteiger partial charge in [0.1, 0.15) is 5.75 Å². The fraction of sp³-hybridized carbons (Fsp3) is 0.400. The number of anilines is 2. The molecule has 134 valence electrons. The van der Waals surface area contributed by atoms with E-state index in [0.717, 1.165) is 31.6 Å². The van der Waals surface area contributed by atoms with Gasteiger partial charge in [-0.25, -0.2) is 0 Å². The molecule has 5 nitrogen and oxygen atoms in total. The number of aromatic nitrogens is 1. The largest absolute Gasteiger partial charge is 0.492 e. The van der Waals surface area contributed by atoms with Crippen LogP contribution in [0, 0.1) is 0 Å².